The summed E-state index contributed by atoms with van der Waals surface area (Å²) in [6.45, 7) is 1.36. The molecule has 0 saturated carbocycles. The number of hydrogen-bond donors (Lipinski definition) is 3. The number of nitrogens with one attached hydrogen (secondary N) is 1. The van der Waals surface area contributed by atoms with Gasteiger partial charge in [-0.1, -0.05) is 0 Å². The molecule has 0 aliphatic rings. The molecule has 0 heterocycles. The molecule has 0 spiro atoms. The van der Waals surface area contributed by atoms with Gasteiger partial charge < -0.3 is 16.8 Å². The molecule has 1 amide bonds. The van der Waals surface area contributed by atoms with Crippen LogP contribution >= 0.6 is 0 Å². The van der Waals surface area contributed by atoms with Crippen LogP contribution in [0.4, 0.5) is 17.1 Å². The van der Waals surface area contributed by atoms with E-state index in [2.05, 4.69) is 5.32 Å². The van der Waals surface area contributed by atoms with Crippen LogP contribution < -0.4 is 16.8 Å². The summed E-state index contributed by atoms with van der Waals surface area (Å²) in [4.78, 5) is 21.9. The van der Waals surface area contributed by atoms with Crippen LogP contribution in [0.15, 0.2) is 18.2 Å². The summed E-state index contributed by atoms with van der Waals surface area (Å²) < 4.78 is 0. The molecule has 0 atom stereocenters. The molecule has 1 rings (SSSR count). The Balaban J connectivity index is 2.69. The van der Waals surface area contributed by atoms with Crippen LogP contribution in [0.25, 0.3) is 0 Å². The number of carbonyl (C=O) groups excluding carboxylic acids is 2. The number of benzene rings is 1. The molecule has 0 saturated heterocycles. The summed E-state index contributed by atoms with van der Waals surface area (Å²) in [6.07, 6.45) is -0.135. The maximum absolute atomic E-state index is 11.2. The molecule has 0 aliphatic carbocycles. The van der Waals surface area contributed by atoms with Gasteiger partial charge in [-0.05, 0) is 25.1 Å². The van der Waals surface area contributed by atoms with Gasteiger partial charge in [-0.25, -0.2) is 0 Å². The molecular formula is C10H13N3O2. The molecule has 5 N–H and O–H groups in total. The standard InChI is InChI=1S/C10H13N3O2/c1-6(14)4-10(15)13-7-2-3-8(11)9(12)5-7/h2-3,5H,4,11-12H2,1H3,(H,13,15). The molecule has 5 nitrogen and oxygen atoms in total. The van der Waals surface area contributed by atoms with Crippen molar-refractivity contribution in [2.75, 3.05) is 16.8 Å². The highest BCUT2D eigenvalue weighted by atomic mass is 16.2. The predicted octanol–water partition coefficient (Wildman–Crippen LogP) is 0.769. The molecule has 0 radical (unpaired) electrons. The van der Waals surface area contributed by atoms with E-state index >= 15 is 0 Å². The third-order valence-corrected chi connectivity index (χ3v) is 1.78. The molecule has 80 valence electrons. The van der Waals surface area contributed by atoms with Crippen LogP contribution in [0.3, 0.4) is 0 Å². The fourth-order valence-electron chi connectivity index (χ4n) is 1.08. The lowest BCUT2D eigenvalue weighted by atomic mass is 10.2. The summed E-state index contributed by atoms with van der Waals surface area (Å²) in [5.41, 5.74) is 12.5. The van der Waals surface area contributed by atoms with E-state index in [0.29, 0.717) is 17.1 Å². The average molecular weight is 207 g/mol. The molecular weight excluding hydrogens is 194 g/mol. The van der Waals surface area contributed by atoms with Crippen LogP contribution in [-0.2, 0) is 9.59 Å². The molecule has 5 heteroatoms. The van der Waals surface area contributed by atoms with E-state index in [9.17, 15) is 9.59 Å². The number of hydrogen-bond acceptors (Lipinski definition) is 4. The Morgan fingerprint density at radius 2 is 1.93 bits per heavy atom. The van der Waals surface area contributed by atoms with E-state index in [-0.39, 0.29) is 18.1 Å². The number of nitrogen functional groups attached to an aromatic ring is 2. The van der Waals surface area contributed by atoms with E-state index in [1.807, 2.05) is 0 Å². The van der Waals surface area contributed by atoms with Gasteiger partial charge in [0.15, 0.2) is 0 Å². The predicted molar refractivity (Wildman–Crippen MR) is 59.2 cm³/mol. The molecule has 0 unspecified atom stereocenters. The summed E-state index contributed by atoms with van der Waals surface area (Å²) in [7, 11) is 0. The van der Waals surface area contributed by atoms with Gasteiger partial charge in [-0.15, -0.1) is 0 Å². The Kier molecular flexibility index (Phi) is 3.28. The minimum Gasteiger partial charge on any atom is -0.397 e. The fraction of sp³-hybridized carbons (Fsp3) is 0.200. The molecule has 0 bridgehead atoms. The first-order valence-corrected chi connectivity index (χ1v) is 4.43. The zero-order valence-electron chi connectivity index (χ0n) is 8.41. The molecule has 0 aromatic heterocycles. The average Bonchev–Trinajstić information content (AvgIpc) is 2.10. The lowest BCUT2D eigenvalue weighted by molar-refractivity contribution is -0.124. The zero-order valence-corrected chi connectivity index (χ0v) is 8.41. The van der Waals surface area contributed by atoms with Crippen molar-refractivity contribution in [2.24, 2.45) is 0 Å². The van der Waals surface area contributed by atoms with Gasteiger partial charge in [0.2, 0.25) is 5.91 Å². The van der Waals surface area contributed by atoms with Crippen molar-refractivity contribution in [3.63, 3.8) is 0 Å². The van der Waals surface area contributed by atoms with E-state index in [1.54, 1.807) is 18.2 Å². The minimum absolute atomic E-state index is 0.135. The van der Waals surface area contributed by atoms with Crippen molar-refractivity contribution < 1.29 is 9.59 Å². The number of carbonyl (C=O) groups is 2. The van der Waals surface area contributed by atoms with Crippen LogP contribution in [0, 0.1) is 0 Å². The van der Waals surface area contributed by atoms with Crippen LogP contribution in [-0.4, -0.2) is 11.7 Å². The van der Waals surface area contributed by atoms with Crippen molar-refractivity contribution in [3.05, 3.63) is 18.2 Å². The largest absolute Gasteiger partial charge is 0.397 e. The maximum Gasteiger partial charge on any atom is 0.231 e. The van der Waals surface area contributed by atoms with Crippen molar-refractivity contribution >= 4 is 28.8 Å². The molecule has 1 aromatic carbocycles. The minimum atomic E-state index is -0.355. The highest BCUT2D eigenvalue weighted by molar-refractivity contribution is 6.03. The second kappa shape index (κ2) is 4.45. The van der Waals surface area contributed by atoms with E-state index in [4.69, 9.17) is 11.5 Å². The number of amides is 1. The molecule has 0 fully saturated rings. The monoisotopic (exact) mass is 207 g/mol. The van der Waals surface area contributed by atoms with Gasteiger partial charge in [-0.2, -0.15) is 0 Å². The van der Waals surface area contributed by atoms with Gasteiger partial charge in [0.05, 0.1) is 17.8 Å². The second-order valence-corrected chi connectivity index (χ2v) is 3.27. The summed E-state index contributed by atoms with van der Waals surface area (Å²) in [5.74, 6) is -0.539. The number of anilines is 3. The molecule has 0 aliphatic heterocycles. The van der Waals surface area contributed by atoms with Crippen molar-refractivity contribution in [1.29, 1.82) is 0 Å². The number of nitrogens with two attached hydrogens (primary N) is 2. The number of ketones is 1. The fourth-order valence-corrected chi connectivity index (χ4v) is 1.08. The first-order chi connectivity index (χ1) is 6.99. The topological polar surface area (TPSA) is 98.2 Å². The smallest absolute Gasteiger partial charge is 0.231 e. The normalized spacial score (nSPS) is 9.67. The van der Waals surface area contributed by atoms with Crippen molar-refractivity contribution in [3.8, 4) is 0 Å². The second-order valence-electron chi connectivity index (χ2n) is 3.27. The maximum atomic E-state index is 11.2. The zero-order chi connectivity index (χ0) is 11.4. The van der Waals surface area contributed by atoms with Crippen molar-refractivity contribution in [1.82, 2.24) is 0 Å². The van der Waals surface area contributed by atoms with E-state index < -0.39 is 0 Å². The first-order valence-electron chi connectivity index (χ1n) is 4.43. The van der Waals surface area contributed by atoms with Crippen LogP contribution in [0.5, 0.6) is 0 Å². The van der Waals surface area contributed by atoms with Gasteiger partial charge in [0.25, 0.3) is 0 Å². The quantitative estimate of drug-likeness (QED) is 0.503. The Labute approximate surface area is 87.4 Å². The van der Waals surface area contributed by atoms with E-state index in [0.717, 1.165) is 0 Å². The van der Waals surface area contributed by atoms with Crippen LogP contribution in [0.2, 0.25) is 0 Å². The highest BCUT2D eigenvalue weighted by Gasteiger charge is 2.05. The van der Waals surface area contributed by atoms with Gasteiger partial charge in [-0.3, -0.25) is 9.59 Å². The van der Waals surface area contributed by atoms with E-state index in [1.165, 1.54) is 6.92 Å². The number of rotatable bonds is 3. The van der Waals surface area contributed by atoms with Crippen LogP contribution in [0.1, 0.15) is 13.3 Å². The molecule has 15 heavy (non-hydrogen) atoms. The SMILES string of the molecule is CC(=O)CC(=O)Nc1ccc(N)c(N)c1. The first kappa shape index (κ1) is 11.0. The summed E-state index contributed by atoms with van der Waals surface area (Å²) in [5, 5.41) is 2.55. The van der Waals surface area contributed by atoms with Gasteiger partial charge in [0.1, 0.15) is 5.78 Å². The Morgan fingerprint density at radius 3 is 2.47 bits per heavy atom. The lowest BCUT2D eigenvalue weighted by Crippen LogP contribution is -2.14. The summed E-state index contributed by atoms with van der Waals surface area (Å²) in [6, 6.07) is 4.77. The summed E-state index contributed by atoms with van der Waals surface area (Å²) >= 11 is 0. The Bertz CT molecular complexity index is 402. The third-order valence-electron chi connectivity index (χ3n) is 1.78. The van der Waals surface area contributed by atoms with Gasteiger partial charge in [0, 0.05) is 5.69 Å². The van der Waals surface area contributed by atoms with Crippen molar-refractivity contribution in [2.45, 2.75) is 13.3 Å². The molecule has 1 aromatic rings. The third kappa shape index (κ3) is 3.30. The Morgan fingerprint density at radius 1 is 1.27 bits per heavy atom. The van der Waals surface area contributed by atoms with Gasteiger partial charge >= 0.3 is 0 Å². The number of Topliss-reactive ketones (excluding diaryl/α,β-unsaturated/α-hetero) is 1. The lowest BCUT2D eigenvalue weighted by Gasteiger charge is -2.06. The Hall–Kier alpha value is -2.04. The highest BCUT2D eigenvalue weighted by Crippen LogP contribution is 2.19.